The van der Waals surface area contributed by atoms with Gasteiger partial charge in [-0.1, -0.05) is 30.0 Å². The number of thioether (sulfide) groups is 1. The Morgan fingerprint density at radius 1 is 1.28 bits per heavy atom. The summed E-state index contributed by atoms with van der Waals surface area (Å²) in [5.41, 5.74) is 11.7. The molecule has 0 saturated heterocycles. The van der Waals surface area contributed by atoms with E-state index in [2.05, 4.69) is 41.3 Å². The van der Waals surface area contributed by atoms with Gasteiger partial charge >= 0.3 is 5.97 Å². The summed E-state index contributed by atoms with van der Waals surface area (Å²) in [5.74, 6) is 0.398. The van der Waals surface area contributed by atoms with E-state index in [4.69, 9.17) is 10.5 Å². The molecule has 0 amide bonds. The van der Waals surface area contributed by atoms with E-state index in [-0.39, 0.29) is 18.5 Å². The van der Waals surface area contributed by atoms with Gasteiger partial charge in [-0.2, -0.15) is 0 Å². The minimum absolute atomic E-state index is 0.230. The van der Waals surface area contributed by atoms with Crippen LogP contribution in [0.5, 0.6) is 0 Å². The molecule has 2 aromatic rings. The third kappa shape index (κ3) is 2.46. The molecule has 1 aromatic carbocycles. The first-order valence-electron chi connectivity index (χ1n) is 7.95. The molecule has 1 aromatic heterocycles. The topological polar surface area (TPSA) is 90.1 Å². The Balaban J connectivity index is 1.97. The Morgan fingerprint density at radius 2 is 2.08 bits per heavy atom. The van der Waals surface area contributed by atoms with Crippen molar-refractivity contribution < 1.29 is 9.53 Å². The van der Waals surface area contributed by atoms with E-state index in [9.17, 15) is 4.79 Å². The molecule has 2 aliphatic rings. The molecule has 6 nitrogen and oxygen atoms in total. The third-order valence-corrected chi connectivity index (χ3v) is 5.29. The number of nitrogen functional groups attached to an aromatic ring is 1. The second kappa shape index (κ2) is 5.77. The van der Waals surface area contributed by atoms with E-state index < -0.39 is 0 Å². The van der Waals surface area contributed by atoms with E-state index in [1.165, 1.54) is 17.3 Å². The number of aromatic nitrogens is 2. The summed E-state index contributed by atoms with van der Waals surface area (Å²) in [6, 6.07) is 6.17. The number of hydrogen-bond donors (Lipinski definition) is 2. The van der Waals surface area contributed by atoms with Gasteiger partial charge in [0.25, 0.3) is 0 Å². The van der Waals surface area contributed by atoms with Crippen LogP contribution < -0.4 is 11.1 Å². The summed E-state index contributed by atoms with van der Waals surface area (Å²) in [6.07, 6.45) is 1.90. The first kappa shape index (κ1) is 16.0. The van der Waals surface area contributed by atoms with Crippen molar-refractivity contribution in [1.82, 2.24) is 9.97 Å². The molecular weight excluding hydrogens is 336 g/mol. The van der Waals surface area contributed by atoms with Crippen LogP contribution in [0.4, 0.5) is 11.6 Å². The first-order valence-corrected chi connectivity index (χ1v) is 9.17. The van der Waals surface area contributed by atoms with Crippen LogP contribution in [0.1, 0.15) is 28.2 Å². The Labute approximate surface area is 149 Å². The lowest BCUT2D eigenvalue weighted by molar-refractivity contribution is -0.136. The van der Waals surface area contributed by atoms with Gasteiger partial charge in [-0.25, -0.2) is 14.8 Å². The molecule has 1 atom stereocenters. The number of cyclic esters (lactones) is 1. The van der Waals surface area contributed by atoms with Gasteiger partial charge in [0.15, 0.2) is 5.16 Å². The SMILES string of the molecule is CSc1nc(N)c2c(n1)NC1=C(C(=O)OC1)C2c1ccc(C)c(C)c1. The number of hydrogen-bond acceptors (Lipinski definition) is 7. The Kier molecular flexibility index (Phi) is 3.68. The van der Waals surface area contributed by atoms with Crippen LogP contribution in [0.25, 0.3) is 0 Å². The summed E-state index contributed by atoms with van der Waals surface area (Å²) in [4.78, 5) is 21.3. The van der Waals surface area contributed by atoms with E-state index in [1.807, 2.05) is 12.3 Å². The maximum atomic E-state index is 12.4. The number of fused-ring (bicyclic) bond motifs is 1. The van der Waals surface area contributed by atoms with Crippen LogP contribution in [0.2, 0.25) is 0 Å². The Morgan fingerprint density at radius 3 is 2.80 bits per heavy atom. The molecule has 3 heterocycles. The molecule has 0 saturated carbocycles. The van der Waals surface area contributed by atoms with E-state index in [1.54, 1.807) is 0 Å². The molecule has 7 heteroatoms. The van der Waals surface area contributed by atoms with Crippen molar-refractivity contribution >= 4 is 29.4 Å². The van der Waals surface area contributed by atoms with Crippen molar-refractivity contribution in [2.24, 2.45) is 0 Å². The maximum Gasteiger partial charge on any atom is 0.337 e. The lowest BCUT2D eigenvalue weighted by Crippen LogP contribution is -2.23. The van der Waals surface area contributed by atoms with Crippen molar-refractivity contribution in [1.29, 1.82) is 0 Å². The summed E-state index contributed by atoms with van der Waals surface area (Å²) in [5, 5.41) is 3.81. The van der Waals surface area contributed by atoms with Crippen molar-refractivity contribution in [3.8, 4) is 0 Å². The number of benzene rings is 1. The number of carbonyl (C=O) groups is 1. The number of nitrogens with two attached hydrogens (primary N) is 1. The zero-order chi connectivity index (χ0) is 17.7. The molecular formula is C18H18N4O2S. The molecule has 0 spiro atoms. The molecule has 0 aliphatic carbocycles. The summed E-state index contributed by atoms with van der Waals surface area (Å²) in [6.45, 7) is 4.35. The number of esters is 1. The van der Waals surface area contributed by atoms with E-state index in [0.717, 1.165) is 22.4 Å². The van der Waals surface area contributed by atoms with Crippen LogP contribution in [0.15, 0.2) is 34.6 Å². The molecule has 25 heavy (non-hydrogen) atoms. The minimum Gasteiger partial charge on any atom is -0.456 e. The summed E-state index contributed by atoms with van der Waals surface area (Å²) < 4.78 is 5.26. The molecule has 0 fully saturated rings. The Bertz CT molecular complexity index is 939. The second-order valence-electron chi connectivity index (χ2n) is 6.23. The average molecular weight is 354 g/mol. The number of rotatable bonds is 2. The first-order chi connectivity index (χ1) is 12.0. The molecule has 0 bridgehead atoms. The van der Waals surface area contributed by atoms with Crippen LogP contribution in [-0.2, 0) is 9.53 Å². The highest BCUT2D eigenvalue weighted by Gasteiger charge is 2.40. The van der Waals surface area contributed by atoms with Crippen molar-refractivity contribution in [2.45, 2.75) is 24.9 Å². The van der Waals surface area contributed by atoms with Crippen molar-refractivity contribution in [3.63, 3.8) is 0 Å². The molecule has 3 N–H and O–H groups in total. The number of aryl methyl sites for hydroxylation is 2. The second-order valence-corrected chi connectivity index (χ2v) is 7.00. The van der Waals surface area contributed by atoms with Crippen LogP contribution in [-0.4, -0.2) is 28.8 Å². The lowest BCUT2D eigenvalue weighted by Gasteiger charge is -2.27. The fourth-order valence-electron chi connectivity index (χ4n) is 3.31. The van der Waals surface area contributed by atoms with Crippen molar-refractivity contribution in [2.75, 3.05) is 23.9 Å². The van der Waals surface area contributed by atoms with Crippen LogP contribution in [0.3, 0.4) is 0 Å². The summed E-state index contributed by atoms with van der Waals surface area (Å²) in [7, 11) is 0. The highest BCUT2D eigenvalue weighted by molar-refractivity contribution is 7.98. The predicted octanol–water partition coefficient (Wildman–Crippen LogP) is 2.77. The zero-order valence-electron chi connectivity index (χ0n) is 14.2. The van der Waals surface area contributed by atoms with Gasteiger partial charge in [0, 0.05) is 5.56 Å². The number of nitrogens with zero attached hydrogens (tertiary/aromatic N) is 2. The normalized spacial score (nSPS) is 18.5. The predicted molar refractivity (Wildman–Crippen MR) is 97.6 cm³/mol. The standard InChI is InChI=1S/C18H18N4O2S/c1-8-4-5-10(6-9(8)2)12-13-11(7-24-17(13)23)20-16-14(12)15(19)21-18(22-16)25-3/h4-6,12H,7H2,1-3H3,(H3,19,20,21,22). The molecule has 0 radical (unpaired) electrons. The zero-order valence-corrected chi connectivity index (χ0v) is 15.0. The molecule has 1 unspecified atom stereocenters. The highest BCUT2D eigenvalue weighted by Crippen LogP contribution is 2.46. The quantitative estimate of drug-likeness (QED) is 0.487. The van der Waals surface area contributed by atoms with Crippen molar-refractivity contribution in [3.05, 3.63) is 51.7 Å². The number of anilines is 2. The van der Waals surface area contributed by atoms with Crippen LogP contribution >= 0.6 is 11.8 Å². The van der Waals surface area contributed by atoms with E-state index >= 15 is 0 Å². The van der Waals surface area contributed by atoms with Gasteiger partial charge in [-0.15, -0.1) is 0 Å². The number of ether oxygens (including phenoxy) is 1. The van der Waals surface area contributed by atoms with Gasteiger partial charge in [-0.3, -0.25) is 0 Å². The highest BCUT2D eigenvalue weighted by atomic mass is 32.2. The molecule has 128 valence electrons. The monoisotopic (exact) mass is 354 g/mol. The molecule has 2 aliphatic heterocycles. The average Bonchev–Trinajstić information content (AvgIpc) is 2.96. The third-order valence-electron chi connectivity index (χ3n) is 4.74. The maximum absolute atomic E-state index is 12.4. The van der Waals surface area contributed by atoms with Crippen LogP contribution in [0, 0.1) is 13.8 Å². The fourth-order valence-corrected chi connectivity index (χ4v) is 3.69. The van der Waals surface area contributed by atoms with Gasteiger partial charge in [0.2, 0.25) is 0 Å². The largest absolute Gasteiger partial charge is 0.456 e. The number of nitrogens with one attached hydrogen (secondary N) is 1. The fraction of sp³-hybridized carbons (Fsp3) is 0.278. The van der Waals surface area contributed by atoms with Gasteiger partial charge in [0.1, 0.15) is 18.2 Å². The number of carbonyl (C=O) groups excluding carboxylic acids is 1. The lowest BCUT2D eigenvalue weighted by atomic mass is 9.81. The minimum atomic E-state index is -0.323. The van der Waals surface area contributed by atoms with E-state index in [0.29, 0.717) is 22.4 Å². The van der Waals surface area contributed by atoms with Gasteiger partial charge in [-0.05, 0) is 36.8 Å². The smallest absolute Gasteiger partial charge is 0.337 e. The molecule has 4 rings (SSSR count). The van der Waals surface area contributed by atoms with Gasteiger partial charge in [0.05, 0.1) is 17.2 Å². The Hall–Kier alpha value is -2.54. The van der Waals surface area contributed by atoms with Gasteiger partial charge < -0.3 is 15.8 Å². The summed E-state index contributed by atoms with van der Waals surface area (Å²) >= 11 is 1.43.